The zero-order valence-corrected chi connectivity index (χ0v) is 26.8. The van der Waals surface area contributed by atoms with Crippen LogP contribution < -0.4 is 0 Å². The molecule has 0 N–H and O–H groups in total. The Bertz CT molecular complexity index is 1620. The van der Waals surface area contributed by atoms with E-state index in [2.05, 4.69) is 115 Å². The van der Waals surface area contributed by atoms with E-state index in [1.54, 1.807) is 0 Å². The number of aryl methyl sites for hydroxylation is 3. The van der Waals surface area contributed by atoms with E-state index in [-0.39, 0.29) is 5.92 Å². The van der Waals surface area contributed by atoms with E-state index in [4.69, 9.17) is 6.58 Å². The molecule has 0 amide bonds. The Balaban J connectivity index is 1.48. The molecule has 0 nitrogen and oxygen atoms in total. The number of allylic oxidation sites excluding steroid dienone is 13. The average molecular weight is 553 g/mol. The number of fused-ring (bicyclic) bond motifs is 1. The molecule has 0 bridgehead atoms. The first-order valence-electron chi connectivity index (χ1n) is 15.9. The largest absolute Gasteiger partial charge is 0.0955 e. The van der Waals surface area contributed by atoms with Gasteiger partial charge in [0.1, 0.15) is 0 Å². The second kappa shape index (κ2) is 12.3. The van der Waals surface area contributed by atoms with Crippen LogP contribution in [0.1, 0.15) is 99.6 Å². The molecule has 0 heteroatoms. The molecule has 1 saturated carbocycles. The molecular weight excluding hydrogens is 504 g/mol. The zero-order chi connectivity index (χ0) is 30.1. The lowest BCUT2D eigenvalue weighted by Gasteiger charge is -2.36. The van der Waals surface area contributed by atoms with Crippen molar-refractivity contribution in [3.8, 4) is 0 Å². The summed E-state index contributed by atoms with van der Waals surface area (Å²) in [7, 11) is 0. The van der Waals surface area contributed by atoms with Crippen LogP contribution in [0.25, 0.3) is 11.1 Å². The monoisotopic (exact) mass is 552 g/mol. The first-order valence-corrected chi connectivity index (χ1v) is 15.9. The summed E-state index contributed by atoms with van der Waals surface area (Å²) < 4.78 is 0. The molecule has 2 aromatic rings. The van der Waals surface area contributed by atoms with E-state index >= 15 is 0 Å². The summed E-state index contributed by atoms with van der Waals surface area (Å²) in [5.41, 5.74) is 20.5. The maximum absolute atomic E-state index is 4.80. The van der Waals surface area contributed by atoms with Gasteiger partial charge in [0.05, 0.1) is 0 Å². The molecule has 2 unspecified atom stereocenters. The van der Waals surface area contributed by atoms with Crippen LogP contribution in [0, 0.1) is 12.8 Å². The Labute approximate surface area is 255 Å². The highest BCUT2D eigenvalue weighted by Gasteiger charge is 2.41. The van der Waals surface area contributed by atoms with Gasteiger partial charge in [0.15, 0.2) is 0 Å². The Morgan fingerprint density at radius 2 is 1.71 bits per heavy atom. The van der Waals surface area contributed by atoms with Crippen molar-refractivity contribution in [2.24, 2.45) is 5.92 Å². The van der Waals surface area contributed by atoms with Crippen molar-refractivity contribution in [1.29, 1.82) is 0 Å². The van der Waals surface area contributed by atoms with Gasteiger partial charge in [-0.2, -0.15) is 0 Å². The molecule has 0 heterocycles. The minimum atomic E-state index is 0.282. The van der Waals surface area contributed by atoms with Crippen LogP contribution in [0.2, 0.25) is 0 Å². The highest BCUT2D eigenvalue weighted by atomic mass is 14.4. The third-order valence-electron chi connectivity index (χ3n) is 9.64. The molecule has 0 spiro atoms. The number of benzene rings is 2. The fourth-order valence-electron chi connectivity index (χ4n) is 7.42. The minimum absolute atomic E-state index is 0.282. The third kappa shape index (κ3) is 5.57. The van der Waals surface area contributed by atoms with E-state index in [9.17, 15) is 0 Å². The molecule has 0 radical (unpaired) electrons. The summed E-state index contributed by atoms with van der Waals surface area (Å²) in [5.74, 6) is 0.581. The molecule has 3 aliphatic rings. The smallest absolute Gasteiger partial charge is 0.0203 e. The fourth-order valence-corrected chi connectivity index (χ4v) is 7.42. The van der Waals surface area contributed by atoms with Crippen molar-refractivity contribution in [2.45, 2.75) is 86.0 Å². The molecule has 0 aliphatic heterocycles. The molecule has 0 aromatic heterocycles. The number of rotatable bonds is 9. The zero-order valence-electron chi connectivity index (χ0n) is 26.8. The molecule has 3 aliphatic carbocycles. The van der Waals surface area contributed by atoms with Crippen molar-refractivity contribution >= 4 is 11.1 Å². The molecule has 2 atom stereocenters. The number of hydrogen-bond acceptors (Lipinski definition) is 0. The average Bonchev–Trinajstić information content (AvgIpc) is 3.55. The Kier molecular flexibility index (Phi) is 8.74. The highest BCUT2D eigenvalue weighted by molar-refractivity contribution is 5.77. The quantitative estimate of drug-likeness (QED) is 0.290. The van der Waals surface area contributed by atoms with E-state index in [0.717, 1.165) is 44.1 Å². The molecule has 5 rings (SSSR count). The lowest BCUT2D eigenvalue weighted by molar-refractivity contribution is 0.613. The van der Waals surface area contributed by atoms with Crippen LogP contribution in [0.5, 0.6) is 0 Å². The van der Waals surface area contributed by atoms with E-state index in [1.807, 2.05) is 0 Å². The van der Waals surface area contributed by atoms with Gasteiger partial charge in [-0.3, -0.25) is 0 Å². The molecule has 42 heavy (non-hydrogen) atoms. The van der Waals surface area contributed by atoms with Gasteiger partial charge in [0.25, 0.3) is 0 Å². The molecule has 216 valence electrons. The van der Waals surface area contributed by atoms with E-state index < -0.39 is 0 Å². The van der Waals surface area contributed by atoms with Crippen molar-refractivity contribution in [3.05, 3.63) is 153 Å². The standard InChI is InChI=1S/C42H48/c1-10-13-27(6)40-29(8)21-37-25-36(30(9)41(37)42(40)39-24-31(11-2)14-16-33(39)12-3)23-32-15-17-35(22-32)38-19-18-34(26(4)5)20-28(38)7/h14-21,23-24,41-42H,4,6,9-13,22,25H2,1-3,5,7-8H3. The van der Waals surface area contributed by atoms with Gasteiger partial charge in [-0.25, -0.2) is 0 Å². The van der Waals surface area contributed by atoms with Crippen molar-refractivity contribution < 1.29 is 0 Å². The SMILES string of the molecule is C=C(CCC)C1=C(C)C=C2CC(=CC3=CC=C(c4ccc(C(=C)C)cc4C)C3)C(=C)C2C1c1cc(CC)ccc1CC. The normalized spacial score (nSPS) is 21.0. The minimum Gasteiger partial charge on any atom is -0.0955 e. The fraction of sp³-hybridized carbons (Fsp3) is 0.333. The predicted molar refractivity (Wildman–Crippen MR) is 185 cm³/mol. The van der Waals surface area contributed by atoms with Gasteiger partial charge in [-0.1, -0.05) is 124 Å². The summed E-state index contributed by atoms with van der Waals surface area (Å²) in [6.45, 7) is 27.0. The van der Waals surface area contributed by atoms with Gasteiger partial charge in [0.2, 0.25) is 0 Å². The summed E-state index contributed by atoms with van der Waals surface area (Å²) in [6, 6.07) is 13.9. The van der Waals surface area contributed by atoms with Crippen LogP contribution in [-0.2, 0) is 12.8 Å². The Morgan fingerprint density at radius 1 is 0.929 bits per heavy atom. The van der Waals surface area contributed by atoms with Crippen molar-refractivity contribution in [3.63, 3.8) is 0 Å². The van der Waals surface area contributed by atoms with Crippen LogP contribution in [0.15, 0.2) is 119 Å². The van der Waals surface area contributed by atoms with Crippen LogP contribution in [0.4, 0.5) is 0 Å². The molecule has 2 aromatic carbocycles. The van der Waals surface area contributed by atoms with Crippen molar-refractivity contribution in [1.82, 2.24) is 0 Å². The second-order valence-corrected chi connectivity index (χ2v) is 12.7. The Morgan fingerprint density at radius 3 is 2.38 bits per heavy atom. The highest BCUT2D eigenvalue weighted by Crippen LogP contribution is 2.55. The summed E-state index contributed by atoms with van der Waals surface area (Å²) >= 11 is 0. The summed E-state index contributed by atoms with van der Waals surface area (Å²) in [5, 5.41) is 0. The third-order valence-corrected chi connectivity index (χ3v) is 9.64. The maximum Gasteiger partial charge on any atom is 0.0203 e. The second-order valence-electron chi connectivity index (χ2n) is 12.7. The lowest BCUT2D eigenvalue weighted by atomic mass is 9.68. The van der Waals surface area contributed by atoms with E-state index in [0.29, 0.717) is 5.92 Å². The lowest BCUT2D eigenvalue weighted by Crippen LogP contribution is -2.22. The van der Waals surface area contributed by atoms with Gasteiger partial charge < -0.3 is 0 Å². The van der Waals surface area contributed by atoms with Crippen molar-refractivity contribution in [2.75, 3.05) is 0 Å². The van der Waals surface area contributed by atoms with Gasteiger partial charge in [0, 0.05) is 11.8 Å². The van der Waals surface area contributed by atoms with Gasteiger partial charge >= 0.3 is 0 Å². The summed E-state index contributed by atoms with van der Waals surface area (Å²) in [6.07, 6.45) is 15.7. The molecule has 1 fully saturated rings. The van der Waals surface area contributed by atoms with Gasteiger partial charge in [-0.15, -0.1) is 0 Å². The molecular formula is C42H48. The maximum atomic E-state index is 4.80. The van der Waals surface area contributed by atoms with E-state index in [1.165, 1.54) is 78.0 Å². The first-order chi connectivity index (χ1) is 20.2. The predicted octanol–water partition coefficient (Wildman–Crippen LogP) is 11.8. The summed E-state index contributed by atoms with van der Waals surface area (Å²) in [4.78, 5) is 0. The van der Waals surface area contributed by atoms with Crippen LogP contribution in [-0.4, -0.2) is 0 Å². The Hall–Kier alpha value is -3.64. The topological polar surface area (TPSA) is 0 Å². The number of hydrogen-bond donors (Lipinski definition) is 0. The first kappa shape index (κ1) is 29.8. The van der Waals surface area contributed by atoms with Crippen LogP contribution >= 0.6 is 0 Å². The van der Waals surface area contributed by atoms with Crippen LogP contribution in [0.3, 0.4) is 0 Å². The van der Waals surface area contributed by atoms with Gasteiger partial charge in [-0.05, 0) is 120 Å². The molecule has 0 saturated heterocycles.